The summed E-state index contributed by atoms with van der Waals surface area (Å²) in [5.74, 6) is 0.701. The van der Waals surface area contributed by atoms with E-state index >= 15 is 0 Å². The lowest BCUT2D eigenvalue weighted by atomic mass is 9.84. The predicted octanol–water partition coefficient (Wildman–Crippen LogP) is 3.33. The van der Waals surface area contributed by atoms with E-state index in [4.69, 9.17) is 15.6 Å². The van der Waals surface area contributed by atoms with Gasteiger partial charge in [-0.05, 0) is 17.4 Å². The van der Waals surface area contributed by atoms with Crippen molar-refractivity contribution >= 4 is 16.1 Å². The van der Waals surface area contributed by atoms with E-state index in [1.165, 1.54) is 15.6 Å². The van der Waals surface area contributed by atoms with Crippen LogP contribution in [0.4, 0.5) is 4.79 Å². The summed E-state index contributed by atoms with van der Waals surface area (Å²) in [6.45, 7) is 7.69. The van der Waals surface area contributed by atoms with Crippen LogP contribution >= 0.6 is 0 Å². The Labute approximate surface area is 254 Å². The number of hydroxylamine groups is 2. The van der Waals surface area contributed by atoms with Crippen molar-refractivity contribution < 1.29 is 23.2 Å². The number of hydrogen-bond donors (Lipinski definition) is 2. The van der Waals surface area contributed by atoms with E-state index in [-0.39, 0.29) is 39.3 Å². The summed E-state index contributed by atoms with van der Waals surface area (Å²) < 4.78 is 27.4. The summed E-state index contributed by atoms with van der Waals surface area (Å²) in [5.41, 5.74) is 8.46. The molecule has 3 N–H and O–H groups in total. The molecular weight excluding hydrogens is 568 g/mol. The van der Waals surface area contributed by atoms with E-state index in [1.54, 1.807) is 4.90 Å². The molecule has 1 aliphatic heterocycles. The van der Waals surface area contributed by atoms with E-state index in [0.29, 0.717) is 18.8 Å². The molecule has 3 aromatic rings. The quantitative estimate of drug-likeness (QED) is 0.337. The molecule has 0 unspecified atom stereocenters. The van der Waals surface area contributed by atoms with Gasteiger partial charge in [-0.25, -0.2) is 18.2 Å². The van der Waals surface area contributed by atoms with Gasteiger partial charge >= 0.3 is 6.09 Å². The van der Waals surface area contributed by atoms with E-state index in [2.05, 4.69) is 37.5 Å². The smallest absolute Gasteiger partial charge is 0.395 e. The Bertz CT molecular complexity index is 1430. The maximum Gasteiger partial charge on any atom is 0.429 e. The number of sulfonamides is 1. The number of amides is 1. The summed E-state index contributed by atoms with van der Waals surface area (Å²) in [6.07, 6.45) is 2.97. The molecule has 4 rings (SSSR count). The maximum atomic E-state index is 14.0. The standard InChI is InChI=1S/C31H44N6O5S/c1-31(2,3)28(29-33-27(25-13-9-6-10-14-25)22-34(29)21-24-11-7-5-8-12-24)37(16-15-26(32)23-38)30(39)42-35-17-19-36(20-18-35)43(4,40)41/h5-14,22,26,28,38H,15-21,23,32H2,1-4H3/t26-,28+/m1/s1. The fourth-order valence-electron chi connectivity index (χ4n) is 5.27. The zero-order valence-corrected chi connectivity index (χ0v) is 26.3. The zero-order chi connectivity index (χ0) is 31.2. The number of carbonyl (C=O) groups is 1. The van der Waals surface area contributed by atoms with Crippen LogP contribution in [0.15, 0.2) is 66.9 Å². The highest BCUT2D eigenvalue weighted by Crippen LogP contribution is 2.39. The number of aliphatic hydroxyl groups excluding tert-OH is 1. The number of nitrogens with two attached hydrogens (primary N) is 1. The van der Waals surface area contributed by atoms with Crippen LogP contribution in [-0.4, -0.2) is 95.1 Å². The van der Waals surface area contributed by atoms with Crippen LogP contribution in [0.2, 0.25) is 0 Å². The molecule has 0 aliphatic carbocycles. The summed E-state index contributed by atoms with van der Waals surface area (Å²) in [7, 11) is -3.33. The molecule has 43 heavy (non-hydrogen) atoms. The number of piperazine rings is 1. The van der Waals surface area contributed by atoms with E-state index in [0.717, 1.165) is 16.8 Å². The van der Waals surface area contributed by atoms with Gasteiger partial charge in [0.25, 0.3) is 0 Å². The van der Waals surface area contributed by atoms with Gasteiger partial charge in [-0.3, -0.25) is 4.90 Å². The molecule has 1 aliphatic rings. The highest BCUT2D eigenvalue weighted by molar-refractivity contribution is 7.88. The molecule has 1 amide bonds. The van der Waals surface area contributed by atoms with Gasteiger partial charge in [0, 0.05) is 57.1 Å². The Kier molecular flexibility index (Phi) is 10.6. The Morgan fingerprint density at radius 1 is 1.05 bits per heavy atom. The minimum atomic E-state index is -3.33. The summed E-state index contributed by atoms with van der Waals surface area (Å²) in [6, 6.07) is 18.9. The second-order valence-corrected chi connectivity index (χ2v) is 14.1. The monoisotopic (exact) mass is 612 g/mol. The van der Waals surface area contributed by atoms with E-state index in [1.807, 2.05) is 54.7 Å². The molecule has 0 bridgehead atoms. The highest BCUT2D eigenvalue weighted by atomic mass is 32.2. The Morgan fingerprint density at radius 2 is 1.65 bits per heavy atom. The third-order valence-corrected chi connectivity index (χ3v) is 8.84. The predicted molar refractivity (Wildman–Crippen MR) is 166 cm³/mol. The normalized spacial score (nSPS) is 16.5. The zero-order valence-electron chi connectivity index (χ0n) is 25.5. The summed E-state index contributed by atoms with van der Waals surface area (Å²) >= 11 is 0. The van der Waals surface area contributed by atoms with Crippen molar-refractivity contribution in [1.82, 2.24) is 23.8 Å². The average Bonchev–Trinajstić information content (AvgIpc) is 3.37. The molecule has 0 saturated carbocycles. The third-order valence-electron chi connectivity index (χ3n) is 7.53. The van der Waals surface area contributed by atoms with Crippen LogP contribution in [-0.2, 0) is 21.4 Å². The van der Waals surface area contributed by atoms with Gasteiger partial charge in [-0.2, -0.15) is 4.31 Å². The second kappa shape index (κ2) is 14.0. The van der Waals surface area contributed by atoms with Crippen LogP contribution in [0.3, 0.4) is 0 Å². The lowest BCUT2D eigenvalue weighted by Crippen LogP contribution is -2.51. The first-order valence-corrected chi connectivity index (χ1v) is 16.4. The van der Waals surface area contributed by atoms with Gasteiger partial charge < -0.3 is 20.2 Å². The van der Waals surface area contributed by atoms with Crippen molar-refractivity contribution in [3.8, 4) is 11.3 Å². The van der Waals surface area contributed by atoms with Gasteiger partial charge in [0.05, 0.1) is 24.6 Å². The largest absolute Gasteiger partial charge is 0.429 e. The van der Waals surface area contributed by atoms with Crippen molar-refractivity contribution in [3.63, 3.8) is 0 Å². The van der Waals surface area contributed by atoms with Crippen molar-refractivity contribution in [2.75, 3.05) is 45.6 Å². The fourth-order valence-corrected chi connectivity index (χ4v) is 6.10. The first kappa shape index (κ1) is 32.6. The summed E-state index contributed by atoms with van der Waals surface area (Å²) in [5, 5.41) is 11.2. The van der Waals surface area contributed by atoms with Gasteiger partial charge in [-0.1, -0.05) is 81.4 Å². The lowest BCUT2D eigenvalue weighted by Gasteiger charge is -2.41. The number of hydrogen-bond acceptors (Lipinski definition) is 8. The van der Waals surface area contributed by atoms with Crippen molar-refractivity contribution in [2.24, 2.45) is 11.1 Å². The van der Waals surface area contributed by atoms with Gasteiger partial charge in [0.1, 0.15) is 5.82 Å². The van der Waals surface area contributed by atoms with E-state index < -0.39 is 33.6 Å². The lowest BCUT2D eigenvalue weighted by molar-refractivity contribution is -0.132. The van der Waals surface area contributed by atoms with Crippen molar-refractivity contribution in [2.45, 2.75) is 45.8 Å². The molecule has 1 aromatic heterocycles. The number of rotatable bonds is 11. The molecule has 0 spiro atoms. The number of benzene rings is 2. The van der Waals surface area contributed by atoms with Crippen LogP contribution < -0.4 is 5.73 Å². The Hall–Kier alpha value is -3.29. The molecule has 2 heterocycles. The fraction of sp³-hybridized carbons (Fsp3) is 0.484. The van der Waals surface area contributed by atoms with Crippen LogP contribution in [0.1, 0.15) is 44.6 Å². The van der Waals surface area contributed by atoms with Gasteiger partial charge in [0.2, 0.25) is 10.0 Å². The van der Waals surface area contributed by atoms with Crippen LogP contribution in [0.5, 0.6) is 0 Å². The SMILES string of the molecule is CC(C)(C)[C@H](c1nc(-c2ccccc2)cn1Cc1ccccc1)N(CC[C@@H](N)CO)C(=O)ON1CCN(S(C)(=O)=O)CC1. The molecule has 12 heteroatoms. The molecular formula is C31H44N6O5S. The highest BCUT2D eigenvalue weighted by Gasteiger charge is 2.40. The minimum Gasteiger partial charge on any atom is -0.395 e. The van der Waals surface area contributed by atoms with Crippen LogP contribution in [0.25, 0.3) is 11.3 Å². The maximum absolute atomic E-state index is 14.0. The molecule has 11 nitrogen and oxygen atoms in total. The van der Waals surface area contributed by atoms with Gasteiger partial charge in [-0.15, -0.1) is 5.06 Å². The molecule has 0 radical (unpaired) electrons. The third kappa shape index (κ3) is 8.64. The van der Waals surface area contributed by atoms with Crippen LogP contribution in [0, 0.1) is 5.41 Å². The number of imidazole rings is 1. The molecule has 2 atom stereocenters. The van der Waals surface area contributed by atoms with Gasteiger partial charge in [0.15, 0.2) is 0 Å². The summed E-state index contributed by atoms with van der Waals surface area (Å²) in [4.78, 5) is 26.6. The number of nitrogens with zero attached hydrogens (tertiary/aromatic N) is 5. The molecule has 234 valence electrons. The van der Waals surface area contributed by atoms with Crippen molar-refractivity contribution in [1.29, 1.82) is 0 Å². The molecule has 1 saturated heterocycles. The average molecular weight is 613 g/mol. The number of aromatic nitrogens is 2. The Morgan fingerprint density at radius 3 is 2.21 bits per heavy atom. The Balaban J connectivity index is 1.72. The molecule has 2 aromatic carbocycles. The number of carbonyl (C=O) groups excluding carboxylic acids is 1. The first-order chi connectivity index (χ1) is 20.4. The molecule has 1 fully saturated rings. The van der Waals surface area contributed by atoms with E-state index in [9.17, 15) is 18.3 Å². The number of aliphatic hydroxyl groups is 1. The van der Waals surface area contributed by atoms with Crippen molar-refractivity contribution in [3.05, 3.63) is 78.2 Å². The minimum absolute atomic E-state index is 0.211. The topological polar surface area (TPSA) is 134 Å². The first-order valence-electron chi connectivity index (χ1n) is 14.6. The second-order valence-electron chi connectivity index (χ2n) is 12.1.